The van der Waals surface area contributed by atoms with Crippen LogP contribution in [0.15, 0.2) is 48.8 Å². The van der Waals surface area contributed by atoms with Crippen LogP contribution in [0.5, 0.6) is 5.88 Å². The van der Waals surface area contributed by atoms with Gasteiger partial charge < -0.3 is 14.4 Å². The fraction of sp³-hybridized carbons (Fsp3) is 0.308. The van der Waals surface area contributed by atoms with Gasteiger partial charge >= 0.3 is 5.97 Å². The Bertz CT molecular complexity index is 1420. The molecule has 0 radical (unpaired) electrons. The molecule has 0 unspecified atom stereocenters. The quantitative estimate of drug-likeness (QED) is 0.288. The minimum atomic E-state index is -0.804. The maximum absolute atomic E-state index is 10.8. The lowest BCUT2D eigenvalue weighted by Gasteiger charge is -2.12. The molecule has 1 aliphatic carbocycles. The number of aryl methyl sites for hydroxylation is 1. The SMILES string of the molecule is CC1(Oc2ncnc3c2nc(-c2ccc(CCCC(=O)O)cc2Cl)n3Cc2cccc(Cl)c2)CC1. The molecule has 1 saturated carbocycles. The number of rotatable bonds is 9. The fourth-order valence-corrected chi connectivity index (χ4v) is 4.52. The lowest BCUT2D eigenvalue weighted by molar-refractivity contribution is -0.137. The topological polar surface area (TPSA) is 90.1 Å². The van der Waals surface area contributed by atoms with Crippen molar-refractivity contribution in [3.05, 3.63) is 70.0 Å². The number of carboxylic acid groups (broad SMARTS) is 1. The van der Waals surface area contributed by atoms with Crippen LogP contribution in [-0.4, -0.2) is 36.2 Å². The summed E-state index contributed by atoms with van der Waals surface area (Å²) in [4.78, 5) is 24.7. The summed E-state index contributed by atoms with van der Waals surface area (Å²) in [5.74, 6) is 0.303. The van der Waals surface area contributed by atoms with Gasteiger partial charge in [0, 0.05) is 17.0 Å². The first kappa shape index (κ1) is 23.6. The van der Waals surface area contributed by atoms with Gasteiger partial charge in [-0.15, -0.1) is 0 Å². The summed E-state index contributed by atoms with van der Waals surface area (Å²) >= 11 is 13.0. The van der Waals surface area contributed by atoms with Crippen LogP contribution in [0.25, 0.3) is 22.6 Å². The number of carbonyl (C=O) groups is 1. The van der Waals surface area contributed by atoms with Crippen LogP contribution in [0, 0.1) is 0 Å². The lowest BCUT2D eigenvalue weighted by Crippen LogP contribution is -2.13. The Labute approximate surface area is 212 Å². The molecule has 5 rings (SSSR count). The fourth-order valence-electron chi connectivity index (χ4n) is 4.01. The highest BCUT2D eigenvalue weighted by Crippen LogP contribution is 2.41. The molecule has 1 aliphatic rings. The van der Waals surface area contributed by atoms with Crippen molar-refractivity contribution < 1.29 is 14.6 Å². The van der Waals surface area contributed by atoms with Crippen molar-refractivity contribution in [2.45, 2.75) is 51.2 Å². The summed E-state index contributed by atoms with van der Waals surface area (Å²) in [5.41, 5.74) is 3.73. The first-order valence-corrected chi connectivity index (χ1v) is 12.2. The summed E-state index contributed by atoms with van der Waals surface area (Å²) in [6.07, 6.45) is 4.75. The van der Waals surface area contributed by atoms with E-state index in [1.54, 1.807) is 0 Å². The lowest BCUT2D eigenvalue weighted by atomic mass is 10.1. The predicted octanol–water partition coefficient (Wildman–Crippen LogP) is 6.19. The van der Waals surface area contributed by atoms with Crippen molar-refractivity contribution in [1.29, 1.82) is 0 Å². The van der Waals surface area contributed by atoms with E-state index < -0.39 is 5.97 Å². The molecular weight excluding hydrogens is 487 g/mol. The first-order chi connectivity index (χ1) is 16.8. The summed E-state index contributed by atoms with van der Waals surface area (Å²) < 4.78 is 8.18. The number of hydrogen-bond acceptors (Lipinski definition) is 5. The molecule has 7 nitrogen and oxygen atoms in total. The van der Waals surface area contributed by atoms with Crippen LogP contribution in [0.2, 0.25) is 10.0 Å². The van der Waals surface area contributed by atoms with Crippen LogP contribution >= 0.6 is 23.2 Å². The van der Waals surface area contributed by atoms with E-state index in [2.05, 4.69) is 16.9 Å². The van der Waals surface area contributed by atoms with Crippen LogP contribution in [0.4, 0.5) is 0 Å². The molecule has 0 spiro atoms. The number of aromatic nitrogens is 4. The van der Waals surface area contributed by atoms with Gasteiger partial charge in [0.15, 0.2) is 11.2 Å². The van der Waals surface area contributed by atoms with Crippen molar-refractivity contribution in [1.82, 2.24) is 19.5 Å². The molecule has 9 heteroatoms. The van der Waals surface area contributed by atoms with E-state index in [0.717, 1.165) is 29.5 Å². The average Bonchev–Trinajstić information content (AvgIpc) is 3.42. The molecule has 0 aliphatic heterocycles. The third kappa shape index (κ3) is 5.26. The third-order valence-electron chi connectivity index (χ3n) is 6.16. The van der Waals surface area contributed by atoms with E-state index in [1.165, 1.54) is 6.33 Å². The van der Waals surface area contributed by atoms with E-state index in [4.69, 9.17) is 38.0 Å². The van der Waals surface area contributed by atoms with Gasteiger partial charge in [-0.1, -0.05) is 41.4 Å². The molecule has 0 amide bonds. The maximum atomic E-state index is 10.8. The van der Waals surface area contributed by atoms with Crippen molar-refractivity contribution in [2.24, 2.45) is 0 Å². The molecule has 2 aromatic heterocycles. The summed E-state index contributed by atoms with van der Waals surface area (Å²) in [6.45, 7) is 2.54. The molecule has 0 bridgehead atoms. The van der Waals surface area contributed by atoms with Gasteiger partial charge in [0.25, 0.3) is 0 Å². The van der Waals surface area contributed by atoms with E-state index in [1.807, 2.05) is 47.0 Å². The number of imidazole rings is 1. The number of carboxylic acids is 1. The third-order valence-corrected chi connectivity index (χ3v) is 6.70. The minimum absolute atomic E-state index is 0.120. The molecule has 180 valence electrons. The Hall–Kier alpha value is -3.16. The number of nitrogens with zero attached hydrogens (tertiary/aromatic N) is 4. The first-order valence-electron chi connectivity index (χ1n) is 11.5. The number of halogens is 2. The van der Waals surface area contributed by atoms with E-state index in [9.17, 15) is 4.79 Å². The smallest absolute Gasteiger partial charge is 0.303 e. The van der Waals surface area contributed by atoms with E-state index in [0.29, 0.717) is 52.3 Å². The normalized spacial score (nSPS) is 14.3. The Morgan fingerprint density at radius 2 is 1.97 bits per heavy atom. The number of hydrogen-bond donors (Lipinski definition) is 1. The Morgan fingerprint density at radius 3 is 2.69 bits per heavy atom. The molecule has 0 atom stereocenters. The molecule has 4 aromatic rings. The Kier molecular flexibility index (Phi) is 6.38. The zero-order chi connectivity index (χ0) is 24.6. The number of benzene rings is 2. The number of aliphatic carboxylic acids is 1. The maximum Gasteiger partial charge on any atom is 0.303 e. The zero-order valence-electron chi connectivity index (χ0n) is 19.2. The van der Waals surface area contributed by atoms with Gasteiger partial charge in [-0.2, -0.15) is 4.98 Å². The van der Waals surface area contributed by atoms with E-state index in [-0.39, 0.29) is 12.0 Å². The average molecular weight is 511 g/mol. The van der Waals surface area contributed by atoms with Gasteiger partial charge in [-0.25, -0.2) is 9.97 Å². The van der Waals surface area contributed by atoms with Crippen LogP contribution < -0.4 is 4.74 Å². The van der Waals surface area contributed by atoms with Gasteiger partial charge in [-0.05, 0) is 68.0 Å². The molecule has 1 fully saturated rings. The highest BCUT2D eigenvalue weighted by molar-refractivity contribution is 6.33. The summed E-state index contributed by atoms with van der Waals surface area (Å²) in [7, 11) is 0. The second-order valence-corrected chi connectivity index (χ2v) is 9.96. The van der Waals surface area contributed by atoms with Crippen molar-refractivity contribution in [3.63, 3.8) is 0 Å². The zero-order valence-corrected chi connectivity index (χ0v) is 20.7. The summed E-state index contributed by atoms with van der Waals surface area (Å²) in [5, 5.41) is 10.1. The van der Waals surface area contributed by atoms with Crippen molar-refractivity contribution >= 4 is 40.3 Å². The molecule has 2 heterocycles. The van der Waals surface area contributed by atoms with Gasteiger partial charge in [-0.3, -0.25) is 4.79 Å². The Balaban J connectivity index is 1.58. The van der Waals surface area contributed by atoms with Gasteiger partial charge in [0.05, 0.1) is 11.6 Å². The van der Waals surface area contributed by atoms with Gasteiger partial charge in [0.2, 0.25) is 5.88 Å². The number of fused-ring (bicyclic) bond motifs is 1. The molecular formula is C26H24Cl2N4O3. The molecule has 0 saturated heterocycles. The second-order valence-electron chi connectivity index (χ2n) is 9.12. The second kappa shape index (κ2) is 9.47. The largest absolute Gasteiger partial charge is 0.481 e. The Morgan fingerprint density at radius 1 is 1.14 bits per heavy atom. The monoisotopic (exact) mass is 510 g/mol. The van der Waals surface area contributed by atoms with Crippen LogP contribution in [-0.2, 0) is 17.8 Å². The highest BCUT2D eigenvalue weighted by atomic mass is 35.5. The van der Waals surface area contributed by atoms with E-state index >= 15 is 0 Å². The molecule has 35 heavy (non-hydrogen) atoms. The van der Waals surface area contributed by atoms with Crippen molar-refractivity contribution in [3.8, 4) is 17.3 Å². The highest BCUT2D eigenvalue weighted by Gasteiger charge is 2.41. The predicted molar refractivity (Wildman–Crippen MR) is 135 cm³/mol. The molecule has 1 N–H and O–H groups in total. The number of ether oxygens (including phenoxy) is 1. The minimum Gasteiger partial charge on any atom is -0.481 e. The summed E-state index contributed by atoms with van der Waals surface area (Å²) in [6, 6.07) is 13.4. The van der Waals surface area contributed by atoms with Gasteiger partial charge in [0.1, 0.15) is 17.8 Å². The van der Waals surface area contributed by atoms with Crippen LogP contribution in [0.3, 0.4) is 0 Å². The standard InChI is InChI=1S/C26H24Cl2N4O3/c1-26(10-11-26)35-25-22-24(29-15-30-25)32(14-17-5-2-6-18(27)12-17)23(31-22)19-9-8-16(13-20(19)28)4-3-7-21(33)34/h2,5-6,8-9,12-13,15H,3-4,7,10-11,14H2,1H3,(H,33,34). The van der Waals surface area contributed by atoms with Crippen molar-refractivity contribution in [2.75, 3.05) is 0 Å². The van der Waals surface area contributed by atoms with Crippen LogP contribution in [0.1, 0.15) is 43.7 Å². The molecule has 2 aromatic carbocycles.